The maximum absolute atomic E-state index is 13.2. The van der Waals surface area contributed by atoms with E-state index in [1.54, 1.807) is 48.5 Å². The van der Waals surface area contributed by atoms with E-state index in [4.69, 9.17) is 9.72 Å². The molecule has 2 amide bonds. The van der Waals surface area contributed by atoms with Crippen molar-refractivity contribution in [3.63, 3.8) is 0 Å². The second kappa shape index (κ2) is 9.73. The van der Waals surface area contributed by atoms with E-state index in [1.807, 2.05) is 6.07 Å². The third kappa shape index (κ3) is 4.22. The Kier molecular flexibility index (Phi) is 5.99. The van der Waals surface area contributed by atoms with E-state index in [9.17, 15) is 23.6 Å². The van der Waals surface area contributed by atoms with Crippen molar-refractivity contribution < 1.29 is 28.3 Å². The Bertz CT molecular complexity index is 1710. The zero-order chi connectivity index (χ0) is 28.2. The molecule has 0 radical (unpaired) electrons. The SMILES string of the molecule is O=C(COC(=O)c1cc(-c2ccc(N3C(=O)[C@H]4[C@@H]5CC[C@@H](C5)[C@@H]4C3=O)cc2)nc2ccccc12)c1ccc(F)cc1. The minimum Gasteiger partial charge on any atom is -0.454 e. The quantitative estimate of drug-likeness (QED) is 0.177. The molecule has 3 fully saturated rings. The van der Waals surface area contributed by atoms with E-state index in [0.29, 0.717) is 39.7 Å². The first-order valence-electron chi connectivity index (χ1n) is 13.7. The first-order valence-corrected chi connectivity index (χ1v) is 13.7. The topological polar surface area (TPSA) is 93.6 Å². The number of fused-ring (bicyclic) bond motifs is 6. The number of carbonyl (C=O) groups excluding carboxylic acids is 4. The average Bonchev–Trinajstić information content (AvgIpc) is 3.69. The lowest BCUT2D eigenvalue weighted by Gasteiger charge is -2.19. The van der Waals surface area contributed by atoms with Gasteiger partial charge in [0.15, 0.2) is 12.4 Å². The summed E-state index contributed by atoms with van der Waals surface area (Å²) < 4.78 is 18.5. The van der Waals surface area contributed by atoms with Crippen LogP contribution in [0, 0.1) is 29.5 Å². The second-order valence-electron chi connectivity index (χ2n) is 11.0. The van der Waals surface area contributed by atoms with Gasteiger partial charge < -0.3 is 4.74 Å². The number of carbonyl (C=O) groups is 4. The molecule has 7 rings (SSSR count). The summed E-state index contributed by atoms with van der Waals surface area (Å²) in [6.07, 6.45) is 3.03. The van der Waals surface area contributed by atoms with E-state index >= 15 is 0 Å². The highest BCUT2D eigenvalue weighted by Crippen LogP contribution is 2.56. The predicted octanol–water partition coefficient (Wildman–Crippen LogP) is 5.62. The van der Waals surface area contributed by atoms with Crippen LogP contribution in [0.25, 0.3) is 22.2 Å². The highest BCUT2D eigenvalue weighted by atomic mass is 19.1. The molecule has 2 heterocycles. The largest absolute Gasteiger partial charge is 0.454 e. The molecule has 41 heavy (non-hydrogen) atoms. The van der Waals surface area contributed by atoms with Crippen molar-refractivity contribution >= 4 is 40.2 Å². The molecule has 8 heteroatoms. The number of benzene rings is 3. The number of pyridine rings is 1. The summed E-state index contributed by atoms with van der Waals surface area (Å²) in [5, 5.41) is 0.571. The van der Waals surface area contributed by atoms with Gasteiger partial charge in [-0.15, -0.1) is 0 Å². The minimum atomic E-state index is -0.689. The Morgan fingerprint density at radius 2 is 1.54 bits per heavy atom. The summed E-state index contributed by atoms with van der Waals surface area (Å²) in [4.78, 5) is 58.1. The maximum Gasteiger partial charge on any atom is 0.339 e. The zero-order valence-corrected chi connectivity index (χ0v) is 22.0. The van der Waals surface area contributed by atoms with Crippen LogP contribution in [0.3, 0.4) is 0 Å². The Labute approximate surface area is 234 Å². The normalized spacial score (nSPS) is 22.8. The van der Waals surface area contributed by atoms with Crippen LogP contribution < -0.4 is 4.90 Å². The monoisotopic (exact) mass is 548 g/mol. The average molecular weight is 549 g/mol. The van der Waals surface area contributed by atoms with E-state index < -0.39 is 24.2 Å². The van der Waals surface area contributed by atoms with Crippen molar-refractivity contribution in [2.24, 2.45) is 23.7 Å². The Morgan fingerprint density at radius 1 is 0.878 bits per heavy atom. The molecular formula is C33H25FN2O5. The van der Waals surface area contributed by atoms with Crippen LogP contribution in [0.4, 0.5) is 10.1 Å². The van der Waals surface area contributed by atoms with Gasteiger partial charge in [0.05, 0.1) is 34.3 Å². The number of nitrogens with zero attached hydrogens (tertiary/aromatic N) is 2. The van der Waals surface area contributed by atoms with Gasteiger partial charge in [-0.05, 0) is 79.6 Å². The molecule has 2 saturated carbocycles. The van der Waals surface area contributed by atoms with Gasteiger partial charge in [-0.25, -0.2) is 14.2 Å². The molecule has 204 valence electrons. The maximum atomic E-state index is 13.2. The van der Waals surface area contributed by atoms with Crippen LogP contribution >= 0.6 is 0 Å². The van der Waals surface area contributed by atoms with Gasteiger partial charge in [0.1, 0.15) is 5.82 Å². The number of Topliss-reactive ketones (excluding diaryl/α,β-unsaturated/α-hetero) is 1. The highest BCUT2D eigenvalue weighted by molar-refractivity contribution is 6.22. The molecule has 3 aliphatic rings. The van der Waals surface area contributed by atoms with Crippen molar-refractivity contribution in [2.75, 3.05) is 11.5 Å². The first-order chi connectivity index (χ1) is 19.9. The lowest BCUT2D eigenvalue weighted by molar-refractivity contribution is -0.123. The molecule has 4 atom stereocenters. The van der Waals surface area contributed by atoms with Crippen molar-refractivity contribution in [2.45, 2.75) is 19.3 Å². The van der Waals surface area contributed by atoms with Crippen LogP contribution in [0.1, 0.15) is 40.0 Å². The highest BCUT2D eigenvalue weighted by Gasteiger charge is 2.61. The van der Waals surface area contributed by atoms with Crippen molar-refractivity contribution in [1.82, 2.24) is 4.98 Å². The fourth-order valence-corrected chi connectivity index (χ4v) is 6.86. The van der Waals surface area contributed by atoms with E-state index in [1.165, 1.54) is 29.2 Å². The van der Waals surface area contributed by atoms with Gasteiger partial charge in [0.2, 0.25) is 11.8 Å². The number of ether oxygens (including phenoxy) is 1. The van der Waals surface area contributed by atoms with Crippen molar-refractivity contribution in [1.29, 1.82) is 0 Å². The number of hydrogen-bond acceptors (Lipinski definition) is 6. The van der Waals surface area contributed by atoms with E-state index in [2.05, 4.69) is 0 Å². The smallest absolute Gasteiger partial charge is 0.339 e. The number of esters is 1. The summed E-state index contributed by atoms with van der Waals surface area (Å²) in [6.45, 7) is -0.493. The molecule has 3 aromatic carbocycles. The number of para-hydroxylation sites is 1. The van der Waals surface area contributed by atoms with E-state index in [-0.39, 0.29) is 34.8 Å². The van der Waals surface area contributed by atoms with Crippen LogP contribution in [0.2, 0.25) is 0 Å². The lowest BCUT2D eigenvalue weighted by Crippen LogP contribution is -2.32. The molecule has 2 bridgehead atoms. The summed E-state index contributed by atoms with van der Waals surface area (Å²) >= 11 is 0. The molecule has 2 aliphatic carbocycles. The van der Waals surface area contributed by atoms with Gasteiger partial charge in [0, 0.05) is 16.5 Å². The van der Waals surface area contributed by atoms with Gasteiger partial charge in [-0.3, -0.25) is 19.3 Å². The number of anilines is 1. The molecule has 0 unspecified atom stereocenters. The molecular weight excluding hydrogens is 523 g/mol. The molecule has 7 nitrogen and oxygen atoms in total. The third-order valence-corrected chi connectivity index (χ3v) is 8.79. The Balaban J connectivity index is 1.14. The Morgan fingerprint density at radius 3 is 2.22 bits per heavy atom. The number of rotatable bonds is 6. The van der Waals surface area contributed by atoms with Crippen molar-refractivity contribution in [3.8, 4) is 11.3 Å². The lowest BCUT2D eigenvalue weighted by atomic mass is 9.81. The summed E-state index contributed by atoms with van der Waals surface area (Å²) in [7, 11) is 0. The van der Waals surface area contributed by atoms with Gasteiger partial charge >= 0.3 is 5.97 Å². The number of hydrogen-bond donors (Lipinski definition) is 0. The first kappa shape index (κ1) is 25.3. The summed E-state index contributed by atoms with van der Waals surface area (Å²) in [6, 6.07) is 20.8. The van der Waals surface area contributed by atoms with Crippen LogP contribution in [0.5, 0.6) is 0 Å². The van der Waals surface area contributed by atoms with Gasteiger partial charge in [0.25, 0.3) is 0 Å². The third-order valence-electron chi connectivity index (χ3n) is 8.79. The standard InChI is InChI=1S/C33H25FN2O5/c34-22-11-7-19(8-12-22)28(37)17-41-33(40)25-16-27(35-26-4-2-1-3-24(25)26)18-9-13-23(14-10-18)36-31(38)29-20-5-6-21(15-20)30(29)32(36)39/h1-4,7-14,16,20-21,29-30H,5-6,15,17H2/t20-,21+,29-,30-/m0/s1. The molecule has 1 saturated heterocycles. The fraction of sp³-hybridized carbons (Fsp3) is 0.242. The van der Waals surface area contributed by atoms with Crippen LogP contribution in [-0.2, 0) is 14.3 Å². The van der Waals surface area contributed by atoms with E-state index in [0.717, 1.165) is 19.3 Å². The van der Waals surface area contributed by atoms with Crippen LogP contribution in [0.15, 0.2) is 78.9 Å². The summed E-state index contributed by atoms with van der Waals surface area (Å²) in [5.74, 6) is -1.53. The number of aromatic nitrogens is 1. The molecule has 1 aliphatic heterocycles. The van der Waals surface area contributed by atoms with Crippen LogP contribution in [-0.4, -0.2) is 35.2 Å². The van der Waals surface area contributed by atoms with Gasteiger partial charge in [-0.1, -0.05) is 30.3 Å². The predicted molar refractivity (Wildman–Crippen MR) is 148 cm³/mol. The number of imide groups is 1. The molecule has 4 aromatic rings. The van der Waals surface area contributed by atoms with Gasteiger partial charge in [-0.2, -0.15) is 0 Å². The fourth-order valence-electron chi connectivity index (χ4n) is 6.86. The minimum absolute atomic E-state index is 0.0935. The second-order valence-corrected chi connectivity index (χ2v) is 11.0. The number of amides is 2. The Hall–Kier alpha value is -4.72. The molecule has 1 aromatic heterocycles. The molecule has 0 spiro atoms. The number of ketones is 1. The number of halogens is 1. The molecule has 0 N–H and O–H groups in total. The zero-order valence-electron chi connectivity index (χ0n) is 22.0. The van der Waals surface area contributed by atoms with Crippen molar-refractivity contribution in [3.05, 3.63) is 95.8 Å². The summed E-state index contributed by atoms with van der Waals surface area (Å²) in [5.41, 5.74) is 2.79.